The second-order valence-electron chi connectivity index (χ2n) is 10.8. The smallest absolute Gasteiger partial charge is 0.247 e. The van der Waals surface area contributed by atoms with Crippen LogP contribution in [0.2, 0.25) is 0 Å². The molecule has 1 heterocycles. The van der Waals surface area contributed by atoms with Gasteiger partial charge in [-0.1, -0.05) is 136 Å². The third kappa shape index (κ3) is 14.9. The van der Waals surface area contributed by atoms with Crippen LogP contribution in [0.25, 0.3) is 0 Å². The highest BCUT2D eigenvalue weighted by molar-refractivity contribution is 4.90. The Labute approximate surface area is 208 Å². The Hall–Kier alpha value is -0.790. The maximum atomic E-state index is 3.65. The van der Waals surface area contributed by atoms with E-state index < -0.39 is 0 Å². The molecular formula is C31H61N2+. The molecule has 2 heteroatoms. The van der Waals surface area contributed by atoms with Gasteiger partial charge in [-0.05, 0) is 32.6 Å². The molecular weight excluding hydrogens is 400 g/mol. The average Bonchev–Trinajstić information content (AvgIpc) is 3.31. The summed E-state index contributed by atoms with van der Waals surface area (Å²) in [7, 11) is 0. The molecule has 2 atom stereocenters. The molecule has 0 amide bonds. The van der Waals surface area contributed by atoms with Gasteiger partial charge in [-0.15, -0.1) is 0 Å². The van der Waals surface area contributed by atoms with E-state index in [2.05, 4.69) is 49.6 Å². The Kier molecular flexibility index (Phi) is 19.9. The molecule has 194 valence electrons. The van der Waals surface area contributed by atoms with Gasteiger partial charge >= 0.3 is 0 Å². The molecule has 1 N–H and O–H groups in total. The van der Waals surface area contributed by atoms with E-state index in [-0.39, 0.29) is 0 Å². The van der Waals surface area contributed by atoms with E-state index >= 15 is 0 Å². The topological polar surface area (TPSA) is 19.7 Å². The SMILES string of the molecule is CCCCCCCCCCCCCCC(CCC)c1[nH]cc[n+]1C(C)CCCCCCCC. The van der Waals surface area contributed by atoms with Crippen LogP contribution in [0.3, 0.4) is 0 Å². The first-order valence-electron chi connectivity index (χ1n) is 15.3. The largest absolute Gasteiger partial charge is 0.257 e. The lowest BCUT2D eigenvalue weighted by Crippen LogP contribution is -2.41. The van der Waals surface area contributed by atoms with Gasteiger partial charge in [-0.3, -0.25) is 0 Å². The average molecular weight is 462 g/mol. The Morgan fingerprint density at radius 3 is 1.52 bits per heavy atom. The number of imidazole rings is 1. The van der Waals surface area contributed by atoms with Crippen LogP contribution in [0.1, 0.15) is 187 Å². The van der Waals surface area contributed by atoms with Gasteiger partial charge in [0.15, 0.2) is 0 Å². The third-order valence-electron chi connectivity index (χ3n) is 7.62. The maximum Gasteiger partial charge on any atom is 0.257 e. The van der Waals surface area contributed by atoms with Gasteiger partial charge in [0.1, 0.15) is 12.4 Å². The van der Waals surface area contributed by atoms with E-state index in [0.717, 1.165) is 0 Å². The molecule has 1 rings (SSSR count). The van der Waals surface area contributed by atoms with Crippen LogP contribution in [-0.4, -0.2) is 4.98 Å². The Morgan fingerprint density at radius 1 is 0.576 bits per heavy atom. The lowest BCUT2D eigenvalue weighted by atomic mass is 9.94. The zero-order chi connectivity index (χ0) is 24.0. The number of hydrogen-bond acceptors (Lipinski definition) is 0. The minimum absolute atomic E-state index is 0.624. The summed E-state index contributed by atoms with van der Waals surface area (Å²) in [5, 5.41) is 0. The quantitative estimate of drug-likeness (QED) is 0.117. The van der Waals surface area contributed by atoms with Crippen LogP contribution >= 0.6 is 0 Å². The summed E-state index contributed by atoms with van der Waals surface area (Å²) in [6, 6.07) is 0.624. The monoisotopic (exact) mass is 461 g/mol. The van der Waals surface area contributed by atoms with Crippen molar-refractivity contribution in [1.82, 2.24) is 4.98 Å². The second kappa shape index (κ2) is 21.7. The molecule has 33 heavy (non-hydrogen) atoms. The zero-order valence-electron chi connectivity index (χ0n) is 23.3. The van der Waals surface area contributed by atoms with Crippen LogP contribution in [0.4, 0.5) is 0 Å². The number of H-pyrrole nitrogens is 1. The number of nitrogens with zero attached hydrogens (tertiary/aromatic N) is 1. The van der Waals surface area contributed by atoms with Crippen molar-refractivity contribution < 1.29 is 4.57 Å². The van der Waals surface area contributed by atoms with Gasteiger partial charge in [0, 0.05) is 0 Å². The molecule has 1 aromatic heterocycles. The normalized spacial score (nSPS) is 13.5. The molecule has 0 spiro atoms. The summed E-state index contributed by atoms with van der Waals surface area (Å²) >= 11 is 0. The maximum absolute atomic E-state index is 3.65. The molecule has 0 bridgehead atoms. The van der Waals surface area contributed by atoms with Crippen LogP contribution in [0.15, 0.2) is 12.4 Å². The van der Waals surface area contributed by atoms with Crippen LogP contribution < -0.4 is 4.57 Å². The standard InChI is InChI=1S/C31H60N2/c1-5-8-10-12-14-15-16-17-18-19-21-23-26-30(24-7-3)31-32-27-28-33(31)29(4)25-22-20-13-11-9-6-2/h27-30H,5-26H2,1-4H3/p+1. The first kappa shape index (κ1) is 30.2. The fourth-order valence-electron chi connectivity index (χ4n) is 5.43. The first-order chi connectivity index (χ1) is 16.2. The summed E-state index contributed by atoms with van der Waals surface area (Å²) in [6.45, 7) is 9.38. The zero-order valence-corrected chi connectivity index (χ0v) is 23.3. The first-order valence-corrected chi connectivity index (χ1v) is 15.3. The van der Waals surface area contributed by atoms with Gasteiger partial charge in [0.2, 0.25) is 0 Å². The molecule has 0 aliphatic heterocycles. The second-order valence-corrected chi connectivity index (χ2v) is 10.8. The molecule has 0 fully saturated rings. The molecule has 0 radical (unpaired) electrons. The lowest BCUT2D eigenvalue weighted by molar-refractivity contribution is -0.727. The lowest BCUT2D eigenvalue weighted by Gasteiger charge is -2.16. The van der Waals surface area contributed by atoms with E-state index in [4.69, 9.17) is 0 Å². The van der Waals surface area contributed by atoms with E-state index in [0.29, 0.717) is 12.0 Å². The highest BCUT2D eigenvalue weighted by Gasteiger charge is 2.24. The van der Waals surface area contributed by atoms with Crippen molar-refractivity contribution >= 4 is 0 Å². The Balaban J connectivity index is 2.24. The van der Waals surface area contributed by atoms with Gasteiger partial charge in [0.05, 0.1) is 12.0 Å². The van der Waals surface area contributed by atoms with Crippen molar-refractivity contribution in [3.8, 4) is 0 Å². The third-order valence-corrected chi connectivity index (χ3v) is 7.62. The molecule has 0 aromatic carbocycles. The predicted molar refractivity (Wildman–Crippen MR) is 147 cm³/mol. The van der Waals surface area contributed by atoms with E-state index in [1.54, 1.807) is 0 Å². The van der Waals surface area contributed by atoms with E-state index in [1.165, 1.54) is 147 Å². The summed E-state index contributed by atoms with van der Waals surface area (Å²) in [5.74, 6) is 2.21. The molecule has 0 aliphatic rings. The van der Waals surface area contributed by atoms with Gasteiger partial charge in [0.25, 0.3) is 5.82 Å². The van der Waals surface area contributed by atoms with Crippen molar-refractivity contribution in [3.05, 3.63) is 18.2 Å². The molecule has 2 unspecified atom stereocenters. The van der Waals surface area contributed by atoms with Gasteiger partial charge in [-0.2, -0.15) is 0 Å². The van der Waals surface area contributed by atoms with Crippen molar-refractivity contribution in [3.63, 3.8) is 0 Å². The number of nitrogens with one attached hydrogen (secondary N) is 1. The van der Waals surface area contributed by atoms with Crippen molar-refractivity contribution in [2.45, 2.75) is 181 Å². The number of hydrogen-bond donors (Lipinski definition) is 1. The predicted octanol–water partition coefficient (Wildman–Crippen LogP) is 10.6. The fraction of sp³-hybridized carbons (Fsp3) is 0.903. The number of aromatic nitrogens is 2. The van der Waals surface area contributed by atoms with Crippen molar-refractivity contribution in [1.29, 1.82) is 0 Å². The van der Waals surface area contributed by atoms with Crippen LogP contribution in [-0.2, 0) is 0 Å². The molecule has 0 saturated carbocycles. The summed E-state index contributed by atoms with van der Waals surface area (Å²) < 4.78 is 2.58. The highest BCUT2D eigenvalue weighted by Crippen LogP contribution is 2.26. The van der Waals surface area contributed by atoms with Crippen LogP contribution in [0, 0.1) is 0 Å². The summed E-state index contributed by atoms with van der Waals surface area (Å²) in [4.78, 5) is 3.65. The highest BCUT2D eigenvalue weighted by atomic mass is 15.1. The van der Waals surface area contributed by atoms with Crippen molar-refractivity contribution in [2.24, 2.45) is 0 Å². The Morgan fingerprint density at radius 2 is 1.03 bits per heavy atom. The number of aromatic amines is 1. The molecule has 0 saturated heterocycles. The molecule has 0 aliphatic carbocycles. The van der Waals surface area contributed by atoms with Crippen LogP contribution in [0.5, 0.6) is 0 Å². The number of rotatable bonds is 24. The minimum atomic E-state index is 0.624. The minimum Gasteiger partial charge on any atom is -0.247 e. The summed E-state index contributed by atoms with van der Waals surface area (Å²) in [5.41, 5.74) is 0. The fourth-order valence-corrected chi connectivity index (χ4v) is 5.43. The van der Waals surface area contributed by atoms with Gasteiger partial charge < -0.3 is 0 Å². The van der Waals surface area contributed by atoms with Crippen molar-refractivity contribution in [2.75, 3.05) is 0 Å². The molecule has 2 nitrogen and oxygen atoms in total. The van der Waals surface area contributed by atoms with E-state index in [9.17, 15) is 0 Å². The van der Waals surface area contributed by atoms with E-state index in [1.807, 2.05) is 0 Å². The molecule has 1 aromatic rings. The Bertz CT molecular complexity index is 521. The van der Waals surface area contributed by atoms with Gasteiger partial charge in [-0.25, -0.2) is 9.55 Å². The summed E-state index contributed by atoms with van der Waals surface area (Å²) in [6.07, 6.45) is 35.4. The number of unbranched alkanes of at least 4 members (excludes halogenated alkanes) is 16.